The molecule has 2 rings (SSSR count). The van der Waals surface area contributed by atoms with Gasteiger partial charge >= 0.3 is 5.97 Å². The molecule has 0 saturated heterocycles. The van der Waals surface area contributed by atoms with Crippen molar-refractivity contribution in [3.8, 4) is 0 Å². The van der Waals surface area contributed by atoms with Crippen LogP contribution in [0.3, 0.4) is 0 Å². The Morgan fingerprint density at radius 1 is 1.44 bits per heavy atom. The highest BCUT2D eigenvalue weighted by Gasteiger charge is 2.41. The number of ether oxygens (including phenoxy) is 1. The largest absolute Gasteiger partial charge is 0.461 e. The van der Waals surface area contributed by atoms with Crippen molar-refractivity contribution in [2.24, 2.45) is 17.8 Å². The predicted octanol–water partition coefficient (Wildman–Crippen LogP) is 1.69. The number of allylic oxidation sites excluding steroid dienone is 2. The standard InChI is InChI=1S/C13H21NO2/c1-9(8-14(2)3)16-13(15)12-7-10-4-5-11(12)6-10/h4-5,9-12H,6-8H2,1-3H3. The van der Waals surface area contributed by atoms with Gasteiger partial charge in [-0.2, -0.15) is 0 Å². The van der Waals surface area contributed by atoms with E-state index in [2.05, 4.69) is 12.2 Å². The van der Waals surface area contributed by atoms with Crippen molar-refractivity contribution in [3.63, 3.8) is 0 Å². The van der Waals surface area contributed by atoms with Gasteiger partial charge < -0.3 is 9.64 Å². The SMILES string of the molecule is CC(CN(C)C)OC(=O)C1CC2C=CC1C2. The van der Waals surface area contributed by atoms with E-state index in [1.54, 1.807) is 0 Å². The van der Waals surface area contributed by atoms with Gasteiger partial charge in [0.05, 0.1) is 5.92 Å². The number of carbonyl (C=O) groups is 1. The number of nitrogens with zero attached hydrogens (tertiary/aromatic N) is 1. The fourth-order valence-electron chi connectivity index (χ4n) is 2.89. The fraction of sp³-hybridized carbons (Fsp3) is 0.769. The van der Waals surface area contributed by atoms with Gasteiger partial charge in [0.15, 0.2) is 0 Å². The lowest BCUT2D eigenvalue weighted by molar-refractivity contribution is -0.154. The van der Waals surface area contributed by atoms with Gasteiger partial charge in [0, 0.05) is 6.54 Å². The molecule has 16 heavy (non-hydrogen) atoms. The molecule has 2 aliphatic rings. The Balaban J connectivity index is 1.82. The monoisotopic (exact) mass is 223 g/mol. The van der Waals surface area contributed by atoms with Crippen molar-refractivity contribution in [1.82, 2.24) is 4.90 Å². The van der Waals surface area contributed by atoms with Gasteiger partial charge in [-0.1, -0.05) is 12.2 Å². The molecule has 0 aromatic heterocycles. The van der Waals surface area contributed by atoms with Gasteiger partial charge in [-0.15, -0.1) is 0 Å². The molecule has 4 atom stereocenters. The average Bonchev–Trinajstić information content (AvgIpc) is 2.76. The molecule has 0 spiro atoms. The first-order valence-electron chi connectivity index (χ1n) is 6.10. The van der Waals surface area contributed by atoms with Crippen molar-refractivity contribution >= 4 is 5.97 Å². The molecular formula is C13H21NO2. The number of hydrogen-bond acceptors (Lipinski definition) is 3. The Hall–Kier alpha value is -0.830. The maximum Gasteiger partial charge on any atom is 0.309 e. The highest BCUT2D eigenvalue weighted by molar-refractivity contribution is 5.74. The average molecular weight is 223 g/mol. The van der Waals surface area contributed by atoms with Crippen LogP contribution >= 0.6 is 0 Å². The number of esters is 1. The Labute approximate surface area is 97.5 Å². The third-order valence-corrected chi connectivity index (χ3v) is 3.52. The molecule has 2 aliphatic carbocycles. The molecule has 1 saturated carbocycles. The molecule has 2 bridgehead atoms. The quantitative estimate of drug-likeness (QED) is 0.536. The molecule has 0 aromatic rings. The van der Waals surface area contributed by atoms with Gasteiger partial charge in [0.25, 0.3) is 0 Å². The zero-order valence-electron chi connectivity index (χ0n) is 10.3. The van der Waals surface area contributed by atoms with Crippen LogP contribution in [0.15, 0.2) is 12.2 Å². The van der Waals surface area contributed by atoms with Crippen LogP contribution in [-0.2, 0) is 9.53 Å². The van der Waals surface area contributed by atoms with Crippen molar-refractivity contribution in [2.75, 3.05) is 20.6 Å². The van der Waals surface area contributed by atoms with Crippen molar-refractivity contribution < 1.29 is 9.53 Å². The number of likely N-dealkylation sites (N-methyl/N-ethyl adjacent to an activating group) is 1. The van der Waals surface area contributed by atoms with E-state index in [1.165, 1.54) is 0 Å². The van der Waals surface area contributed by atoms with Gasteiger partial charge in [-0.25, -0.2) is 0 Å². The summed E-state index contributed by atoms with van der Waals surface area (Å²) in [5, 5.41) is 0. The van der Waals surface area contributed by atoms with Crippen LogP contribution in [-0.4, -0.2) is 37.6 Å². The second-order valence-electron chi connectivity index (χ2n) is 5.40. The Morgan fingerprint density at radius 2 is 2.19 bits per heavy atom. The molecular weight excluding hydrogens is 202 g/mol. The number of fused-ring (bicyclic) bond motifs is 2. The maximum absolute atomic E-state index is 12.0. The van der Waals surface area contributed by atoms with E-state index in [-0.39, 0.29) is 18.0 Å². The highest BCUT2D eigenvalue weighted by atomic mass is 16.5. The summed E-state index contributed by atoms with van der Waals surface area (Å²) in [5.74, 6) is 1.21. The van der Waals surface area contributed by atoms with Gasteiger partial charge in [0.2, 0.25) is 0 Å². The summed E-state index contributed by atoms with van der Waals surface area (Å²) in [7, 11) is 3.98. The Morgan fingerprint density at radius 3 is 2.69 bits per heavy atom. The minimum Gasteiger partial charge on any atom is -0.461 e. The van der Waals surface area contributed by atoms with Crippen LogP contribution in [0.25, 0.3) is 0 Å². The molecule has 0 aliphatic heterocycles. The summed E-state index contributed by atoms with van der Waals surface area (Å²) in [6, 6.07) is 0. The van der Waals surface area contributed by atoms with Gasteiger partial charge in [0.1, 0.15) is 6.10 Å². The molecule has 4 unspecified atom stereocenters. The second-order valence-corrected chi connectivity index (χ2v) is 5.40. The molecule has 0 radical (unpaired) electrons. The van der Waals surface area contributed by atoms with Crippen LogP contribution in [0.4, 0.5) is 0 Å². The molecule has 0 N–H and O–H groups in total. The summed E-state index contributed by atoms with van der Waals surface area (Å²) < 4.78 is 5.48. The molecule has 3 nitrogen and oxygen atoms in total. The van der Waals surface area contributed by atoms with Crippen molar-refractivity contribution in [1.29, 1.82) is 0 Å². The van der Waals surface area contributed by atoms with Crippen LogP contribution in [0, 0.1) is 17.8 Å². The second kappa shape index (κ2) is 4.58. The molecule has 1 fully saturated rings. The number of rotatable bonds is 4. The molecule has 90 valence electrons. The zero-order chi connectivity index (χ0) is 11.7. The summed E-state index contributed by atoms with van der Waals surface area (Å²) in [4.78, 5) is 14.0. The number of carbonyl (C=O) groups excluding carboxylic acids is 1. The van der Waals surface area contributed by atoms with E-state index >= 15 is 0 Å². The predicted molar refractivity (Wildman–Crippen MR) is 63.0 cm³/mol. The van der Waals surface area contributed by atoms with Gasteiger partial charge in [-0.05, 0) is 45.7 Å². The molecule has 3 heteroatoms. The van der Waals surface area contributed by atoms with Crippen LogP contribution in [0.2, 0.25) is 0 Å². The lowest BCUT2D eigenvalue weighted by Crippen LogP contribution is -2.31. The minimum absolute atomic E-state index is 0.00574. The van der Waals surface area contributed by atoms with Crippen LogP contribution < -0.4 is 0 Å². The van der Waals surface area contributed by atoms with Crippen LogP contribution in [0.5, 0.6) is 0 Å². The summed E-state index contributed by atoms with van der Waals surface area (Å²) in [5.41, 5.74) is 0. The lowest BCUT2D eigenvalue weighted by atomic mass is 9.94. The van der Waals surface area contributed by atoms with E-state index in [9.17, 15) is 4.79 Å². The van der Waals surface area contributed by atoms with E-state index in [0.29, 0.717) is 11.8 Å². The van der Waals surface area contributed by atoms with E-state index in [4.69, 9.17) is 4.74 Å². The normalized spacial score (nSPS) is 33.4. The van der Waals surface area contributed by atoms with E-state index in [1.807, 2.05) is 25.9 Å². The minimum atomic E-state index is -0.00870. The first kappa shape index (κ1) is 11.6. The fourth-order valence-corrected chi connectivity index (χ4v) is 2.89. The van der Waals surface area contributed by atoms with E-state index < -0.39 is 0 Å². The van der Waals surface area contributed by atoms with E-state index in [0.717, 1.165) is 19.4 Å². The van der Waals surface area contributed by atoms with Crippen molar-refractivity contribution in [2.45, 2.75) is 25.9 Å². The Kier molecular flexibility index (Phi) is 3.33. The number of hydrogen-bond donors (Lipinski definition) is 0. The lowest BCUT2D eigenvalue weighted by Gasteiger charge is -2.22. The highest BCUT2D eigenvalue weighted by Crippen LogP contribution is 2.43. The summed E-state index contributed by atoms with van der Waals surface area (Å²) in [6.45, 7) is 2.75. The molecule has 0 heterocycles. The van der Waals surface area contributed by atoms with Crippen LogP contribution in [0.1, 0.15) is 19.8 Å². The topological polar surface area (TPSA) is 29.5 Å². The molecule has 0 aromatic carbocycles. The Bertz CT molecular complexity index is 298. The summed E-state index contributed by atoms with van der Waals surface area (Å²) >= 11 is 0. The smallest absolute Gasteiger partial charge is 0.309 e. The van der Waals surface area contributed by atoms with Gasteiger partial charge in [-0.3, -0.25) is 4.79 Å². The zero-order valence-corrected chi connectivity index (χ0v) is 10.3. The molecule has 0 amide bonds. The third-order valence-electron chi connectivity index (χ3n) is 3.52. The maximum atomic E-state index is 12.0. The third kappa shape index (κ3) is 2.46. The first-order valence-corrected chi connectivity index (χ1v) is 6.10. The summed E-state index contributed by atoms with van der Waals surface area (Å²) in [6.07, 6.45) is 6.58. The van der Waals surface area contributed by atoms with Crippen molar-refractivity contribution in [3.05, 3.63) is 12.2 Å². The first-order chi connectivity index (χ1) is 7.56.